The second kappa shape index (κ2) is 8.53. The third-order valence-electron chi connectivity index (χ3n) is 6.16. The number of sulfonamides is 1. The molecule has 0 radical (unpaired) electrons. The van der Waals surface area contributed by atoms with Crippen molar-refractivity contribution < 1.29 is 17.6 Å². The average Bonchev–Trinajstić information content (AvgIpc) is 3.16. The van der Waals surface area contributed by atoms with Gasteiger partial charge in [-0.1, -0.05) is 24.3 Å². The van der Waals surface area contributed by atoms with Gasteiger partial charge < -0.3 is 9.15 Å². The summed E-state index contributed by atoms with van der Waals surface area (Å²) in [4.78, 5) is 14.8. The second-order valence-electron chi connectivity index (χ2n) is 8.28. The average molecular weight is 433 g/mol. The van der Waals surface area contributed by atoms with E-state index >= 15 is 0 Å². The van der Waals surface area contributed by atoms with E-state index in [-0.39, 0.29) is 23.1 Å². The third-order valence-corrected chi connectivity index (χ3v) is 7.46. The molecule has 8 heteroatoms. The maximum atomic E-state index is 12.5. The van der Waals surface area contributed by atoms with Gasteiger partial charge in [0.15, 0.2) is 0 Å². The minimum atomic E-state index is -3.14. The maximum Gasteiger partial charge on any atom is 0.227 e. The van der Waals surface area contributed by atoms with Gasteiger partial charge in [-0.15, -0.1) is 0 Å². The van der Waals surface area contributed by atoms with E-state index in [1.807, 2.05) is 19.1 Å². The zero-order chi connectivity index (χ0) is 21.3. The van der Waals surface area contributed by atoms with Crippen molar-refractivity contribution in [1.29, 1.82) is 0 Å². The lowest BCUT2D eigenvalue weighted by atomic mass is 9.99. The van der Waals surface area contributed by atoms with Crippen LogP contribution in [0.3, 0.4) is 0 Å². The topological polar surface area (TPSA) is 80.1 Å². The van der Waals surface area contributed by atoms with Crippen molar-refractivity contribution in [2.75, 3.05) is 26.0 Å². The second-order valence-corrected chi connectivity index (χ2v) is 10.3. The van der Waals surface area contributed by atoms with Gasteiger partial charge in [0, 0.05) is 32.2 Å². The Kier molecular flexibility index (Phi) is 5.99. The Bertz CT molecular complexity index is 1030. The zero-order valence-electron chi connectivity index (χ0n) is 17.4. The Morgan fingerprint density at radius 3 is 2.37 bits per heavy atom. The van der Waals surface area contributed by atoms with Gasteiger partial charge in [-0.3, -0.25) is 9.69 Å². The Labute approximate surface area is 177 Å². The molecule has 30 heavy (non-hydrogen) atoms. The Balaban J connectivity index is 1.33. The van der Waals surface area contributed by atoms with Crippen molar-refractivity contribution in [1.82, 2.24) is 9.21 Å². The highest BCUT2D eigenvalue weighted by Crippen LogP contribution is 2.31. The summed E-state index contributed by atoms with van der Waals surface area (Å²) in [5, 5.41) is 0. The van der Waals surface area contributed by atoms with Crippen LogP contribution in [-0.2, 0) is 23.1 Å². The Morgan fingerprint density at radius 1 is 1.17 bits per heavy atom. The van der Waals surface area contributed by atoms with Gasteiger partial charge in [0.25, 0.3) is 0 Å². The maximum absolute atomic E-state index is 12.5. The van der Waals surface area contributed by atoms with E-state index in [1.165, 1.54) is 34.0 Å². The number of fused-ring (bicyclic) bond motifs is 1. The number of hydrogen-bond acceptors (Lipinski definition) is 6. The quantitative estimate of drug-likeness (QED) is 0.698. The van der Waals surface area contributed by atoms with Gasteiger partial charge in [-0.25, -0.2) is 12.7 Å². The molecular weight excluding hydrogens is 404 g/mol. The van der Waals surface area contributed by atoms with Gasteiger partial charge in [0.05, 0.1) is 18.9 Å². The fourth-order valence-corrected chi connectivity index (χ4v) is 5.04. The summed E-state index contributed by atoms with van der Waals surface area (Å²) in [5.74, 6) is 1.06. The van der Waals surface area contributed by atoms with Gasteiger partial charge in [-0.2, -0.15) is 0 Å². The number of piperidine rings is 1. The summed E-state index contributed by atoms with van der Waals surface area (Å²) in [7, 11) is -3.14. The molecule has 0 bridgehead atoms. The molecule has 2 aliphatic rings. The summed E-state index contributed by atoms with van der Waals surface area (Å²) < 4.78 is 36.2. The Morgan fingerprint density at radius 2 is 1.80 bits per heavy atom. The van der Waals surface area contributed by atoms with Crippen molar-refractivity contribution in [3.8, 4) is 5.75 Å². The highest BCUT2D eigenvalue weighted by molar-refractivity contribution is 7.88. The monoisotopic (exact) mass is 432 g/mol. The molecule has 3 heterocycles. The molecule has 1 aromatic carbocycles. The van der Waals surface area contributed by atoms with E-state index in [2.05, 4.69) is 17.0 Å². The molecule has 1 atom stereocenters. The first-order chi connectivity index (χ1) is 14.3. The largest absolute Gasteiger partial charge is 0.486 e. The Hall–Kier alpha value is -2.16. The smallest absolute Gasteiger partial charge is 0.227 e. The van der Waals surface area contributed by atoms with Gasteiger partial charge in [0.2, 0.25) is 21.2 Å². The standard InChI is InChI=1S/C22H28N2O5S/c1-16(23-12-18-5-3-4-6-19(18)13-23)21-11-20(25)22(15-29-21)28-14-17-7-9-24(10-8-17)30(2,26)27/h3-6,11,15-17H,7-10,12-14H2,1-2H3. The molecule has 2 aliphatic heterocycles. The molecular formula is C22H28N2O5S. The van der Waals surface area contributed by atoms with Gasteiger partial charge in [0.1, 0.15) is 12.0 Å². The molecule has 162 valence electrons. The molecule has 2 aromatic rings. The van der Waals surface area contributed by atoms with E-state index < -0.39 is 10.0 Å². The van der Waals surface area contributed by atoms with E-state index in [0.717, 1.165) is 25.9 Å². The fourth-order valence-electron chi connectivity index (χ4n) is 4.17. The minimum absolute atomic E-state index is 0.0144. The van der Waals surface area contributed by atoms with Crippen LogP contribution in [0.1, 0.15) is 42.7 Å². The molecule has 1 fully saturated rings. The van der Waals surface area contributed by atoms with E-state index in [1.54, 1.807) is 0 Å². The first kappa shape index (κ1) is 21.1. The third kappa shape index (κ3) is 4.61. The molecule has 4 rings (SSSR count). The fraction of sp³-hybridized carbons (Fsp3) is 0.500. The van der Waals surface area contributed by atoms with Crippen molar-refractivity contribution in [3.63, 3.8) is 0 Å². The van der Waals surface area contributed by atoms with Crippen LogP contribution < -0.4 is 10.2 Å². The molecule has 0 amide bonds. The van der Waals surface area contributed by atoms with E-state index in [4.69, 9.17) is 9.15 Å². The highest BCUT2D eigenvalue weighted by Gasteiger charge is 2.27. The highest BCUT2D eigenvalue weighted by atomic mass is 32.2. The van der Waals surface area contributed by atoms with Crippen LogP contribution in [-0.4, -0.2) is 43.6 Å². The van der Waals surface area contributed by atoms with Crippen LogP contribution in [0, 0.1) is 5.92 Å². The lowest BCUT2D eigenvalue weighted by Gasteiger charge is -2.29. The number of benzene rings is 1. The molecule has 0 spiro atoms. The van der Waals surface area contributed by atoms with Crippen LogP contribution >= 0.6 is 0 Å². The van der Waals surface area contributed by atoms with Crippen molar-refractivity contribution in [2.45, 2.75) is 38.9 Å². The predicted octanol–water partition coefficient (Wildman–Crippen LogP) is 2.77. The predicted molar refractivity (Wildman–Crippen MR) is 114 cm³/mol. The van der Waals surface area contributed by atoms with Crippen LogP contribution in [0.5, 0.6) is 5.75 Å². The number of rotatable bonds is 6. The van der Waals surface area contributed by atoms with Crippen LogP contribution in [0.4, 0.5) is 0 Å². The molecule has 7 nitrogen and oxygen atoms in total. The van der Waals surface area contributed by atoms with Crippen LogP contribution in [0.25, 0.3) is 0 Å². The first-order valence-electron chi connectivity index (χ1n) is 10.3. The molecule has 1 saturated heterocycles. The van der Waals surface area contributed by atoms with Crippen molar-refractivity contribution in [2.24, 2.45) is 5.92 Å². The normalized spacial score (nSPS) is 19.5. The first-order valence-corrected chi connectivity index (χ1v) is 12.2. The molecule has 0 aliphatic carbocycles. The molecule has 1 aromatic heterocycles. The zero-order valence-corrected chi connectivity index (χ0v) is 18.2. The van der Waals surface area contributed by atoms with Gasteiger partial charge >= 0.3 is 0 Å². The number of nitrogens with zero attached hydrogens (tertiary/aromatic N) is 2. The van der Waals surface area contributed by atoms with E-state index in [9.17, 15) is 13.2 Å². The number of ether oxygens (including phenoxy) is 1. The summed E-state index contributed by atoms with van der Waals surface area (Å²) in [6.07, 6.45) is 4.09. The lowest BCUT2D eigenvalue weighted by molar-refractivity contribution is 0.173. The number of hydrogen-bond donors (Lipinski definition) is 0. The summed E-state index contributed by atoms with van der Waals surface area (Å²) >= 11 is 0. The lowest BCUT2D eigenvalue weighted by Crippen LogP contribution is -2.39. The van der Waals surface area contributed by atoms with Crippen molar-refractivity contribution >= 4 is 10.0 Å². The van der Waals surface area contributed by atoms with Crippen molar-refractivity contribution in [3.05, 3.63) is 63.7 Å². The summed E-state index contributed by atoms with van der Waals surface area (Å²) in [6, 6.07) is 9.87. The molecule has 1 unspecified atom stereocenters. The SMILES string of the molecule is CC(c1cc(=O)c(OCC2CCN(S(C)(=O)=O)CC2)co1)N1Cc2ccccc2C1. The van der Waals surface area contributed by atoms with Gasteiger partial charge in [-0.05, 0) is 36.8 Å². The van der Waals surface area contributed by atoms with Crippen LogP contribution in [0.2, 0.25) is 0 Å². The van der Waals surface area contributed by atoms with E-state index in [0.29, 0.717) is 25.5 Å². The summed E-state index contributed by atoms with van der Waals surface area (Å²) in [6.45, 7) is 5.10. The molecule has 0 saturated carbocycles. The molecule has 0 N–H and O–H groups in total. The van der Waals surface area contributed by atoms with Crippen LogP contribution in [0.15, 0.2) is 45.8 Å². The minimum Gasteiger partial charge on any atom is -0.486 e. The summed E-state index contributed by atoms with van der Waals surface area (Å²) in [5.41, 5.74) is 2.44.